The van der Waals surface area contributed by atoms with Crippen LogP contribution in [0.1, 0.15) is 44.8 Å². The van der Waals surface area contributed by atoms with E-state index < -0.39 is 30.0 Å². The molecule has 2 heterocycles. The van der Waals surface area contributed by atoms with Gasteiger partial charge in [-0.3, -0.25) is 9.89 Å². The van der Waals surface area contributed by atoms with E-state index in [2.05, 4.69) is 10.2 Å². The van der Waals surface area contributed by atoms with Crippen molar-refractivity contribution < 1.29 is 23.1 Å². The van der Waals surface area contributed by atoms with Crippen molar-refractivity contribution in [2.75, 3.05) is 13.1 Å². The van der Waals surface area contributed by atoms with Crippen molar-refractivity contribution in [2.45, 2.75) is 45.4 Å². The lowest BCUT2D eigenvalue weighted by Crippen LogP contribution is -2.44. The molecule has 1 aromatic heterocycles. The number of aliphatic hydroxyl groups excluding tert-OH is 1. The molecule has 2 aromatic rings. The lowest BCUT2D eigenvalue weighted by molar-refractivity contribution is -0.163. The summed E-state index contributed by atoms with van der Waals surface area (Å²) in [5.41, 5.74) is 0.829. The van der Waals surface area contributed by atoms with Gasteiger partial charge in [0.2, 0.25) is 5.91 Å². The maximum Gasteiger partial charge on any atom is 0.397 e. The largest absolute Gasteiger partial charge is 0.397 e. The third kappa shape index (κ3) is 4.27. The van der Waals surface area contributed by atoms with Crippen molar-refractivity contribution in [3.8, 4) is 0 Å². The number of hydrogen-bond acceptors (Lipinski definition) is 3. The SMILES string of the molecule is CC(C)(C1CCN(C(=O)CC(F)(F)F)CC1)C(O)c1cc(Cl)cc2[nH]ncc12. The molecule has 28 heavy (non-hydrogen) atoms. The topological polar surface area (TPSA) is 69.2 Å². The van der Waals surface area contributed by atoms with Gasteiger partial charge in [-0.25, -0.2) is 0 Å². The van der Waals surface area contributed by atoms with Crippen LogP contribution in [0.4, 0.5) is 13.2 Å². The minimum Gasteiger partial charge on any atom is -0.388 e. The van der Waals surface area contributed by atoms with Crippen LogP contribution in [0, 0.1) is 11.3 Å². The third-order valence-electron chi connectivity index (χ3n) is 5.81. The summed E-state index contributed by atoms with van der Waals surface area (Å²) in [6.45, 7) is 4.38. The third-order valence-corrected chi connectivity index (χ3v) is 6.02. The summed E-state index contributed by atoms with van der Waals surface area (Å²) in [6, 6.07) is 3.45. The second-order valence-corrected chi connectivity index (χ2v) is 8.43. The summed E-state index contributed by atoms with van der Waals surface area (Å²) in [7, 11) is 0. The normalized spacial score (nSPS) is 17.9. The van der Waals surface area contributed by atoms with E-state index in [-0.39, 0.29) is 19.0 Å². The fourth-order valence-corrected chi connectivity index (χ4v) is 4.28. The van der Waals surface area contributed by atoms with E-state index in [0.717, 1.165) is 10.9 Å². The summed E-state index contributed by atoms with van der Waals surface area (Å²) in [4.78, 5) is 13.1. The summed E-state index contributed by atoms with van der Waals surface area (Å²) in [6.07, 6.45) is -4.06. The Hall–Kier alpha value is -1.80. The summed E-state index contributed by atoms with van der Waals surface area (Å²) in [5.74, 6) is -0.849. The number of piperidine rings is 1. The van der Waals surface area contributed by atoms with Crippen molar-refractivity contribution in [1.29, 1.82) is 0 Å². The number of carbonyl (C=O) groups is 1. The lowest BCUT2D eigenvalue weighted by Gasteiger charge is -2.43. The molecule has 1 aliphatic heterocycles. The van der Waals surface area contributed by atoms with E-state index in [1.54, 1.807) is 18.3 Å². The smallest absolute Gasteiger partial charge is 0.388 e. The maximum atomic E-state index is 12.5. The number of alkyl halides is 3. The van der Waals surface area contributed by atoms with Gasteiger partial charge in [-0.2, -0.15) is 18.3 Å². The Balaban J connectivity index is 1.73. The number of aromatic amines is 1. The fourth-order valence-electron chi connectivity index (χ4n) is 4.05. The first-order valence-electron chi connectivity index (χ1n) is 9.14. The Bertz CT molecular complexity index is 858. The number of hydrogen-bond donors (Lipinski definition) is 2. The molecule has 0 bridgehead atoms. The molecule has 1 aromatic carbocycles. The van der Waals surface area contributed by atoms with Gasteiger partial charge >= 0.3 is 6.18 Å². The highest BCUT2D eigenvalue weighted by atomic mass is 35.5. The minimum absolute atomic E-state index is 0.0402. The molecule has 3 rings (SSSR count). The van der Waals surface area contributed by atoms with Crippen molar-refractivity contribution in [3.05, 3.63) is 28.9 Å². The molecule has 1 unspecified atom stereocenters. The van der Waals surface area contributed by atoms with Gasteiger partial charge < -0.3 is 10.0 Å². The molecular weight excluding hydrogens is 395 g/mol. The summed E-state index contributed by atoms with van der Waals surface area (Å²) < 4.78 is 37.4. The van der Waals surface area contributed by atoms with E-state index in [0.29, 0.717) is 23.4 Å². The summed E-state index contributed by atoms with van der Waals surface area (Å²) in [5, 5.41) is 19.3. The van der Waals surface area contributed by atoms with Gasteiger partial charge in [-0.15, -0.1) is 0 Å². The minimum atomic E-state index is -4.49. The number of amides is 1. The second-order valence-electron chi connectivity index (χ2n) is 8.00. The highest BCUT2D eigenvalue weighted by molar-refractivity contribution is 6.31. The Morgan fingerprint density at radius 3 is 2.61 bits per heavy atom. The van der Waals surface area contributed by atoms with Crippen molar-refractivity contribution in [3.63, 3.8) is 0 Å². The van der Waals surface area contributed by atoms with Gasteiger partial charge in [0.15, 0.2) is 0 Å². The standard InChI is InChI=1S/C19H23ClF3N3O2/c1-18(2,11-3-5-26(6-4-11)16(27)9-19(21,22)23)17(28)13-7-12(20)8-15-14(13)10-24-25-15/h7-8,10-11,17,28H,3-6,9H2,1-2H3,(H,24,25). The molecular formula is C19H23ClF3N3O2. The predicted molar refractivity (Wildman–Crippen MR) is 99.8 cm³/mol. The molecule has 1 aliphatic rings. The number of aromatic nitrogens is 2. The zero-order chi connectivity index (χ0) is 20.7. The van der Waals surface area contributed by atoms with E-state index in [9.17, 15) is 23.1 Å². The molecule has 1 saturated heterocycles. The number of fused-ring (bicyclic) bond motifs is 1. The highest BCUT2D eigenvalue weighted by Gasteiger charge is 2.41. The molecule has 154 valence electrons. The van der Waals surface area contributed by atoms with Crippen LogP contribution in [-0.2, 0) is 4.79 Å². The molecule has 0 aliphatic carbocycles. The number of nitrogens with one attached hydrogen (secondary N) is 1. The van der Waals surface area contributed by atoms with Gasteiger partial charge in [-0.1, -0.05) is 25.4 Å². The number of H-pyrrole nitrogens is 1. The van der Waals surface area contributed by atoms with Crippen molar-refractivity contribution in [2.24, 2.45) is 11.3 Å². The zero-order valence-corrected chi connectivity index (χ0v) is 16.4. The number of rotatable bonds is 4. The molecule has 5 nitrogen and oxygen atoms in total. The molecule has 1 atom stereocenters. The lowest BCUT2D eigenvalue weighted by atomic mass is 9.68. The first kappa shape index (κ1) is 20.9. The quantitative estimate of drug-likeness (QED) is 0.771. The Kier molecular flexibility index (Phi) is 5.64. The van der Waals surface area contributed by atoms with Gasteiger partial charge in [0, 0.05) is 23.5 Å². The first-order valence-corrected chi connectivity index (χ1v) is 9.52. The number of aliphatic hydroxyl groups is 1. The fraction of sp³-hybridized carbons (Fsp3) is 0.579. The van der Waals surface area contributed by atoms with E-state index in [4.69, 9.17) is 11.6 Å². The number of nitrogens with zero attached hydrogens (tertiary/aromatic N) is 2. The maximum absolute atomic E-state index is 12.5. The average Bonchev–Trinajstić information content (AvgIpc) is 3.07. The average molecular weight is 418 g/mol. The van der Waals surface area contributed by atoms with Crippen LogP contribution in [-0.4, -0.2) is 45.4 Å². The van der Waals surface area contributed by atoms with Crippen molar-refractivity contribution in [1.82, 2.24) is 15.1 Å². The monoisotopic (exact) mass is 417 g/mol. The molecule has 0 saturated carbocycles. The van der Waals surface area contributed by atoms with Crippen LogP contribution < -0.4 is 0 Å². The van der Waals surface area contributed by atoms with Crippen LogP contribution in [0.5, 0.6) is 0 Å². The molecule has 1 amide bonds. The Labute approximate surface area is 165 Å². The molecule has 2 N–H and O–H groups in total. The van der Waals surface area contributed by atoms with E-state index in [1.165, 1.54) is 4.90 Å². The Morgan fingerprint density at radius 2 is 2.00 bits per heavy atom. The van der Waals surface area contributed by atoms with Crippen molar-refractivity contribution >= 4 is 28.4 Å². The molecule has 1 fully saturated rings. The van der Waals surface area contributed by atoms with Gasteiger partial charge in [0.25, 0.3) is 0 Å². The highest BCUT2D eigenvalue weighted by Crippen LogP contribution is 2.46. The number of likely N-dealkylation sites (tertiary alicyclic amines) is 1. The number of benzene rings is 1. The van der Waals surface area contributed by atoms with Crippen LogP contribution in [0.25, 0.3) is 10.9 Å². The van der Waals surface area contributed by atoms with Crippen LogP contribution >= 0.6 is 11.6 Å². The number of carbonyl (C=O) groups excluding carboxylic acids is 1. The van der Waals surface area contributed by atoms with Gasteiger partial charge in [0.1, 0.15) is 6.42 Å². The first-order chi connectivity index (χ1) is 13.0. The Morgan fingerprint density at radius 1 is 1.36 bits per heavy atom. The molecule has 9 heteroatoms. The zero-order valence-electron chi connectivity index (χ0n) is 15.7. The second kappa shape index (κ2) is 7.55. The summed E-state index contributed by atoms with van der Waals surface area (Å²) >= 11 is 6.17. The van der Waals surface area contributed by atoms with Gasteiger partial charge in [-0.05, 0) is 41.9 Å². The van der Waals surface area contributed by atoms with E-state index >= 15 is 0 Å². The van der Waals surface area contributed by atoms with Crippen LogP contribution in [0.2, 0.25) is 5.02 Å². The van der Waals surface area contributed by atoms with Gasteiger partial charge in [0.05, 0.1) is 17.8 Å². The predicted octanol–water partition coefficient (Wildman–Crippen LogP) is 4.47. The van der Waals surface area contributed by atoms with Crippen LogP contribution in [0.3, 0.4) is 0 Å². The molecule has 0 spiro atoms. The van der Waals surface area contributed by atoms with Crippen LogP contribution in [0.15, 0.2) is 18.3 Å². The number of halogens is 4. The molecule has 0 radical (unpaired) electrons. The van der Waals surface area contributed by atoms with E-state index in [1.807, 2.05) is 13.8 Å².